The van der Waals surface area contributed by atoms with E-state index in [0.29, 0.717) is 5.56 Å². The predicted octanol–water partition coefficient (Wildman–Crippen LogP) is 3.29. The third-order valence-corrected chi connectivity index (χ3v) is 2.79. The maximum absolute atomic E-state index is 12.1. The summed E-state index contributed by atoms with van der Waals surface area (Å²) in [5, 5.41) is 5.93. The number of rotatable bonds is 3. The van der Waals surface area contributed by atoms with Crippen LogP contribution in [-0.2, 0) is 0 Å². The van der Waals surface area contributed by atoms with Crippen molar-refractivity contribution in [2.75, 3.05) is 17.7 Å². The lowest BCUT2D eigenvalue weighted by atomic mass is 10.1. The molecular formula is C15H16N2O. The molecule has 0 spiro atoms. The van der Waals surface area contributed by atoms with E-state index in [1.807, 2.05) is 62.5 Å². The zero-order valence-electron chi connectivity index (χ0n) is 10.5. The van der Waals surface area contributed by atoms with E-state index in [4.69, 9.17) is 0 Å². The molecule has 0 heterocycles. The molecule has 0 saturated heterocycles. The molecule has 2 N–H and O–H groups in total. The van der Waals surface area contributed by atoms with Crippen LogP contribution >= 0.6 is 0 Å². The Kier molecular flexibility index (Phi) is 3.63. The SMILES string of the molecule is CNc1ccc(C(=O)Nc2ccccc2)c(C)c1. The molecule has 0 bridgehead atoms. The molecule has 0 fully saturated rings. The van der Waals surface area contributed by atoms with Gasteiger partial charge in [0, 0.05) is 24.0 Å². The van der Waals surface area contributed by atoms with Crippen LogP contribution in [0.1, 0.15) is 15.9 Å². The second-order valence-electron chi connectivity index (χ2n) is 4.10. The minimum atomic E-state index is -0.0821. The maximum Gasteiger partial charge on any atom is 0.255 e. The van der Waals surface area contributed by atoms with Crippen molar-refractivity contribution in [2.24, 2.45) is 0 Å². The van der Waals surface area contributed by atoms with Gasteiger partial charge in [-0.1, -0.05) is 18.2 Å². The Bertz CT molecular complexity index is 550. The molecule has 0 atom stereocenters. The van der Waals surface area contributed by atoms with Crippen LogP contribution in [-0.4, -0.2) is 13.0 Å². The van der Waals surface area contributed by atoms with E-state index in [9.17, 15) is 4.79 Å². The molecule has 0 aliphatic rings. The topological polar surface area (TPSA) is 41.1 Å². The minimum Gasteiger partial charge on any atom is -0.388 e. The normalized spacial score (nSPS) is 9.89. The summed E-state index contributed by atoms with van der Waals surface area (Å²) in [5.74, 6) is -0.0821. The fourth-order valence-corrected chi connectivity index (χ4v) is 1.79. The molecule has 0 aliphatic carbocycles. The van der Waals surface area contributed by atoms with Gasteiger partial charge in [0.1, 0.15) is 0 Å². The Morgan fingerprint density at radius 3 is 2.33 bits per heavy atom. The second-order valence-corrected chi connectivity index (χ2v) is 4.10. The lowest BCUT2D eigenvalue weighted by molar-refractivity contribution is 0.102. The number of benzene rings is 2. The molecular weight excluding hydrogens is 224 g/mol. The Labute approximate surface area is 107 Å². The lowest BCUT2D eigenvalue weighted by Crippen LogP contribution is -2.13. The molecule has 2 aromatic carbocycles. The summed E-state index contributed by atoms with van der Waals surface area (Å²) in [6, 6.07) is 15.1. The fraction of sp³-hybridized carbons (Fsp3) is 0.133. The first kappa shape index (κ1) is 12.2. The van der Waals surface area contributed by atoms with Crippen molar-refractivity contribution in [2.45, 2.75) is 6.92 Å². The van der Waals surface area contributed by atoms with Gasteiger partial charge in [0.2, 0.25) is 0 Å². The number of hydrogen-bond acceptors (Lipinski definition) is 2. The minimum absolute atomic E-state index is 0.0821. The molecule has 0 unspecified atom stereocenters. The maximum atomic E-state index is 12.1. The number of para-hydroxylation sites is 1. The number of anilines is 2. The summed E-state index contributed by atoms with van der Waals surface area (Å²) in [6.45, 7) is 1.93. The van der Waals surface area contributed by atoms with Crippen LogP contribution in [0.4, 0.5) is 11.4 Å². The highest BCUT2D eigenvalue weighted by Gasteiger charge is 2.09. The van der Waals surface area contributed by atoms with Crippen molar-refractivity contribution >= 4 is 17.3 Å². The molecule has 2 aromatic rings. The average Bonchev–Trinajstić information content (AvgIpc) is 2.39. The highest BCUT2D eigenvalue weighted by atomic mass is 16.1. The second kappa shape index (κ2) is 5.36. The standard InChI is InChI=1S/C15H16N2O/c1-11-10-13(16-2)8-9-14(11)15(18)17-12-6-4-3-5-7-12/h3-10,16H,1-2H3,(H,17,18). The van der Waals surface area contributed by atoms with Gasteiger partial charge in [0.05, 0.1) is 0 Å². The summed E-state index contributed by atoms with van der Waals surface area (Å²) in [6.07, 6.45) is 0. The first-order chi connectivity index (χ1) is 8.70. The van der Waals surface area contributed by atoms with Gasteiger partial charge in [-0.2, -0.15) is 0 Å². The van der Waals surface area contributed by atoms with Crippen molar-refractivity contribution in [1.29, 1.82) is 0 Å². The van der Waals surface area contributed by atoms with E-state index in [-0.39, 0.29) is 5.91 Å². The lowest BCUT2D eigenvalue weighted by Gasteiger charge is -2.09. The Balaban J connectivity index is 2.19. The van der Waals surface area contributed by atoms with E-state index >= 15 is 0 Å². The van der Waals surface area contributed by atoms with E-state index < -0.39 is 0 Å². The summed E-state index contributed by atoms with van der Waals surface area (Å²) in [4.78, 5) is 12.1. The summed E-state index contributed by atoms with van der Waals surface area (Å²) in [5.41, 5.74) is 3.46. The zero-order chi connectivity index (χ0) is 13.0. The fourth-order valence-electron chi connectivity index (χ4n) is 1.79. The molecule has 0 aliphatic heterocycles. The van der Waals surface area contributed by atoms with E-state index in [0.717, 1.165) is 16.9 Å². The van der Waals surface area contributed by atoms with Crippen LogP contribution in [0.25, 0.3) is 0 Å². The van der Waals surface area contributed by atoms with E-state index in [1.165, 1.54) is 0 Å². The van der Waals surface area contributed by atoms with Crippen molar-refractivity contribution in [3.63, 3.8) is 0 Å². The van der Waals surface area contributed by atoms with E-state index in [1.54, 1.807) is 0 Å². The zero-order valence-corrected chi connectivity index (χ0v) is 10.5. The number of amides is 1. The summed E-state index contributed by atoms with van der Waals surface area (Å²) in [7, 11) is 1.86. The first-order valence-electron chi connectivity index (χ1n) is 5.85. The average molecular weight is 240 g/mol. The van der Waals surface area contributed by atoms with Crippen LogP contribution in [0, 0.1) is 6.92 Å². The van der Waals surface area contributed by atoms with Crippen molar-refractivity contribution in [1.82, 2.24) is 0 Å². The van der Waals surface area contributed by atoms with Gasteiger partial charge in [0.15, 0.2) is 0 Å². The molecule has 92 valence electrons. The van der Waals surface area contributed by atoms with Crippen molar-refractivity contribution in [3.05, 3.63) is 59.7 Å². The van der Waals surface area contributed by atoms with Crippen LogP contribution in [0.2, 0.25) is 0 Å². The Hall–Kier alpha value is -2.29. The largest absolute Gasteiger partial charge is 0.388 e. The molecule has 0 radical (unpaired) electrons. The molecule has 1 amide bonds. The van der Waals surface area contributed by atoms with Crippen LogP contribution in [0.3, 0.4) is 0 Å². The summed E-state index contributed by atoms with van der Waals surface area (Å²) >= 11 is 0. The van der Waals surface area contributed by atoms with Crippen LogP contribution < -0.4 is 10.6 Å². The third kappa shape index (κ3) is 2.69. The van der Waals surface area contributed by atoms with Crippen molar-refractivity contribution < 1.29 is 4.79 Å². The third-order valence-electron chi connectivity index (χ3n) is 2.79. The summed E-state index contributed by atoms with van der Waals surface area (Å²) < 4.78 is 0. The smallest absolute Gasteiger partial charge is 0.255 e. The van der Waals surface area contributed by atoms with Gasteiger partial charge >= 0.3 is 0 Å². The highest BCUT2D eigenvalue weighted by Crippen LogP contribution is 2.16. The first-order valence-corrected chi connectivity index (χ1v) is 5.85. The molecule has 3 heteroatoms. The van der Waals surface area contributed by atoms with Gasteiger partial charge in [-0.05, 0) is 42.8 Å². The quantitative estimate of drug-likeness (QED) is 0.864. The number of carbonyl (C=O) groups is 1. The molecule has 18 heavy (non-hydrogen) atoms. The van der Waals surface area contributed by atoms with Gasteiger partial charge in [0.25, 0.3) is 5.91 Å². The van der Waals surface area contributed by atoms with Gasteiger partial charge in [-0.15, -0.1) is 0 Å². The number of carbonyl (C=O) groups excluding carboxylic acids is 1. The van der Waals surface area contributed by atoms with Crippen molar-refractivity contribution in [3.8, 4) is 0 Å². The molecule has 3 nitrogen and oxygen atoms in total. The van der Waals surface area contributed by atoms with Gasteiger partial charge in [-0.25, -0.2) is 0 Å². The van der Waals surface area contributed by atoms with E-state index in [2.05, 4.69) is 10.6 Å². The van der Waals surface area contributed by atoms with Crippen LogP contribution in [0.15, 0.2) is 48.5 Å². The molecule has 0 saturated carbocycles. The van der Waals surface area contributed by atoms with Crippen LogP contribution in [0.5, 0.6) is 0 Å². The number of nitrogens with one attached hydrogen (secondary N) is 2. The molecule has 2 rings (SSSR count). The monoisotopic (exact) mass is 240 g/mol. The number of aryl methyl sites for hydroxylation is 1. The Morgan fingerprint density at radius 1 is 1.00 bits per heavy atom. The highest BCUT2D eigenvalue weighted by molar-refractivity contribution is 6.05. The van der Waals surface area contributed by atoms with Gasteiger partial charge < -0.3 is 10.6 Å². The van der Waals surface area contributed by atoms with Gasteiger partial charge in [-0.3, -0.25) is 4.79 Å². The predicted molar refractivity (Wildman–Crippen MR) is 75.1 cm³/mol. The number of hydrogen-bond donors (Lipinski definition) is 2. The Morgan fingerprint density at radius 2 is 1.72 bits per heavy atom. The molecule has 0 aromatic heterocycles.